The molecule has 0 aromatic carbocycles. The van der Waals surface area contributed by atoms with Crippen molar-refractivity contribution in [2.75, 3.05) is 6.54 Å². The minimum absolute atomic E-state index is 0.871. The van der Waals surface area contributed by atoms with Gasteiger partial charge in [0.15, 0.2) is 0 Å². The second-order valence-corrected chi connectivity index (χ2v) is 4.29. The fraction of sp³-hybridized carbons (Fsp3) is 0.583. The Hall–Kier alpha value is -1.69. The van der Waals surface area contributed by atoms with Gasteiger partial charge < -0.3 is 9.88 Å². The van der Waals surface area contributed by atoms with E-state index in [1.54, 1.807) is 6.33 Å². The topological polar surface area (TPSA) is 71.4 Å². The summed E-state index contributed by atoms with van der Waals surface area (Å²) >= 11 is 0. The Morgan fingerprint density at radius 3 is 3.17 bits per heavy atom. The normalized spacial score (nSPS) is 10.9. The summed E-state index contributed by atoms with van der Waals surface area (Å²) in [6, 6.07) is 0. The molecule has 0 atom stereocenters. The lowest BCUT2D eigenvalue weighted by Gasteiger charge is -2.07. The molecule has 0 unspecified atom stereocenters. The molecule has 2 rings (SSSR count). The summed E-state index contributed by atoms with van der Waals surface area (Å²) in [4.78, 5) is 8.27. The van der Waals surface area contributed by atoms with E-state index in [0.717, 1.165) is 44.7 Å². The maximum Gasteiger partial charge on any atom is 0.137 e. The third-order valence-electron chi connectivity index (χ3n) is 2.80. The van der Waals surface area contributed by atoms with Crippen molar-refractivity contribution < 1.29 is 0 Å². The zero-order valence-electron chi connectivity index (χ0n) is 10.8. The van der Waals surface area contributed by atoms with Gasteiger partial charge >= 0.3 is 0 Å². The number of imidazole rings is 1. The third-order valence-corrected chi connectivity index (χ3v) is 2.80. The molecule has 18 heavy (non-hydrogen) atoms. The van der Waals surface area contributed by atoms with Crippen molar-refractivity contribution >= 4 is 0 Å². The van der Waals surface area contributed by atoms with Gasteiger partial charge in [0.2, 0.25) is 0 Å². The second kappa shape index (κ2) is 6.90. The van der Waals surface area contributed by atoms with Gasteiger partial charge in [-0.25, -0.2) is 9.97 Å². The zero-order valence-corrected chi connectivity index (χ0v) is 10.8. The van der Waals surface area contributed by atoms with Gasteiger partial charge in [-0.3, -0.25) is 5.10 Å². The molecule has 0 radical (unpaired) electrons. The van der Waals surface area contributed by atoms with E-state index in [0.29, 0.717) is 0 Å². The minimum atomic E-state index is 0.871. The van der Waals surface area contributed by atoms with Crippen LogP contribution in [0.1, 0.15) is 31.3 Å². The lowest BCUT2D eigenvalue weighted by Crippen LogP contribution is -2.18. The smallest absolute Gasteiger partial charge is 0.137 e. The zero-order chi connectivity index (χ0) is 12.6. The lowest BCUT2D eigenvalue weighted by molar-refractivity contribution is 0.587. The fourth-order valence-electron chi connectivity index (χ4n) is 1.89. The highest BCUT2D eigenvalue weighted by molar-refractivity contribution is 4.97. The number of rotatable bonds is 8. The van der Waals surface area contributed by atoms with Crippen LogP contribution < -0.4 is 5.32 Å². The second-order valence-electron chi connectivity index (χ2n) is 4.29. The van der Waals surface area contributed by atoms with E-state index in [4.69, 9.17) is 0 Å². The number of aryl methyl sites for hydroxylation is 2. The molecule has 0 aliphatic carbocycles. The molecule has 0 aliphatic rings. The van der Waals surface area contributed by atoms with Crippen molar-refractivity contribution in [3.05, 3.63) is 30.4 Å². The molecule has 6 heteroatoms. The first kappa shape index (κ1) is 12.8. The van der Waals surface area contributed by atoms with Gasteiger partial charge in [-0.15, -0.1) is 0 Å². The number of hydrogen-bond acceptors (Lipinski definition) is 4. The van der Waals surface area contributed by atoms with Crippen molar-refractivity contribution in [2.45, 2.75) is 39.3 Å². The Kier molecular flexibility index (Phi) is 4.89. The molecular formula is C12H20N6. The number of aromatic amines is 1. The lowest BCUT2D eigenvalue weighted by atomic mass is 10.3. The van der Waals surface area contributed by atoms with E-state index < -0.39 is 0 Å². The Morgan fingerprint density at radius 2 is 2.39 bits per heavy atom. The van der Waals surface area contributed by atoms with E-state index >= 15 is 0 Å². The van der Waals surface area contributed by atoms with Crippen LogP contribution in [-0.2, 0) is 19.5 Å². The molecule has 2 aromatic heterocycles. The summed E-state index contributed by atoms with van der Waals surface area (Å²) in [5, 5.41) is 10.1. The van der Waals surface area contributed by atoms with Crippen molar-refractivity contribution in [1.29, 1.82) is 0 Å². The SMILES string of the molecule is CCCn1cncc1CNCCCc1ncn[nH]1. The van der Waals surface area contributed by atoms with Crippen LogP contribution >= 0.6 is 0 Å². The summed E-state index contributed by atoms with van der Waals surface area (Å²) in [7, 11) is 0. The molecule has 0 spiro atoms. The van der Waals surface area contributed by atoms with E-state index in [2.05, 4.69) is 37.0 Å². The number of H-pyrrole nitrogens is 1. The first-order chi connectivity index (χ1) is 8.90. The van der Waals surface area contributed by atoms with Crippen LogP contribution in [-0.4, -0.2) is 31.3 Å². The maximum atomic E-state index is 4.18. The Labute approximate surface area is 107 Å². The van der Waals surface area contributed by atoms with Gasteiger partial charge in [-0.2, -0.15) is 5.10 Å². The highest BCUT2D eigenvalue weighted by atomic mass is 15.2. The summed E-state index contributed by atoms with van der Waals surface area (Å²) in [6.45, 7) is 5.05. The first-order valence-electron chi connectivity index (χ1n) is 6.44. The fourth-order valence-corrected chi connectivity index (χ4v) is 1.89. The molecule has 2 aromatic rings. The van der Waals surface area contributed by atoms with Crippen LogP contribution in [0.15, 0.2) is 18.9 Å². The first-order valence-corrected chi connectivity index (χ1v) is 6.44. The predicted octanol–water partition coefficient (Wildman–Crippen LogP) is 1.13. The average molecular weight is 248 g/mol. The Bertz CT molecular complexity index is 433. The molecule has 2 N–H and O–H groups in total. The van der Waals surface area contributed by atoms with Gasteiger partial charge in [-0.05, 0) is 19.4 Å². The molecule has 0 bridgehead atoms. The van der Waals surface area contributed by atoms with Gasteiger partial charge in [0.05, 0.1) is 12.0 Å². The summed E-state index contributed by atoms with van der Waals surface area (Å²) < 4.78 is 2.20. The Morgan fingerprint density at radius 1 is 1.44 bits per heavy atom. The summed E-state index contributed by atoms with van der Waals surface area (Å²) in [5.74, 6) is 0.952. The largest absolute Gasteiger partial charge is 0.333 e. The van der Waals surface area contributed by atoms with E-state index in [1.165, 1.54) is 5.69 Å². The molecule has 98 valence electrons. The van der Waals surface area contributed by atoms with Crippen LogP contribution in [0, 0.1) is 0 Å². The molecular weight excluding hydrogens is 228 g/mol. The summed E-state index contributed by atoms with van der Waals surface area (Å²) in [6.07, 6.45) is 8.49. The van der Waals surface area contributed by atoms with Gasteiger partial charge in [0, 0.05) is 25.7 Å². The van der Waals surface area contributed by atoms with Crippen LogP contribution in [0.3, 0.4) is 0 Å². The predicted molar refractivity (Wildman–Crippen MR) is 68.9 cm³/mol. The van der Waals surface area contributed by atoms with Crippen LogP contribution in [0.5, 0.6) is 0 Å². The molecule has 0 aliphatic heterocycles. The quantitative estimate of drug-likeness (QED) is 0.687. The van der Waals surface area contributed by atoms with Gasteiger partial charge in [0.25, 0.3) is 0 Å². The van der Waals surface area contributed by atoms with Crippen LogP contribution in [0.25, 0.3) is 0 Å². The average Bonchev–Trinajstić information content (AvgIpc) is 3.01. The van der Waals surface area contributed by atoms with Crippen molar-refractivity contribution in [3.8, 4) is 0 Å². The van der Waals surface area contributed by atoms with Crippen molar-refractivity contribution in [2.24, 2.45) is 0 Å². The highest BCUT2D eigenvalue weighted by Crippen LogP contribution is 2.00. The number of nitrogens with zero attached hydrogens (tertiary/aromatic N) is 4. The highest BCUT2D eigenvalue weighted by Gasteiger charge is 2.00. The third kappa shape index (κ3) is 3.66. The number of nitrogens with one attached hydrogen (secondary N) is 2. The standard InChI is InChI=1S/C12H20N6/c1-2-6-18-10-14-8-11(18)7-13-5-3-4-12-15-9-16-17-12/h8-10,13H,2-7H2,1H3,(H,15,16,17). The van der Waals surface area contributed by atoms with Crippen molar-refractivity contribution in [1.82, 2.24) is 30.0 Å². The summed E-state index contributed by atoms with van der Waals surface area (Å²) in [5.41, 5.74) is 1.25. The van der Waals surface area contributed by atoms with Crippen LogP contribution in [0.4, 0.5) is 0 Å². The molecule has 0 saturated carbocycles. The molecule has 0 saturated heterocycles. The van der Waals surface area contributed by atoms with E-state index in [-0.39, 0.29) is 0 Å². The molecule has 0 amide bonds. The Balaban J connectivity index is 1.64. The van der Waals surface area contributed by atoms with Gasteiger partial charge in [0.1, 0.15) is 12.2 Å². The van der Waals surface area contributed by atoms with Crippen LogP contribution in [0.2, 0.25) is 0 Å². The minimum Gasteiger partial charge on any atom is -0.333 e. The number of aromatic nitrogens is 5. The van der Waals surface area contributed by atoms with E-state index in [9.17, 15) is 0 Å². The van der Waals surface area contributed by atoms with Gasteiger partial charge in [-0.1, -0.05) is 6.92 Å². The molecule has 0 fully saturated rings. The monoisotopic (exact) mass is 248 g/mol. The van der Waals surface area contributed by atoms with Crippen molar-refractivity contribution in [3.63, 3.8) is 0 Å². The molecule has 2 heterocycles. The van der Waals surface area contributed by atoms with E-state index in [1.807, 2.05) is 12.5 Å². The maximum absolute atomic E-state index is 4.18. The molecule has 6 nitrogen and oxygen atoms in total. The number of hydrogen-bond donors (Lipinski definition) is 2.